The van der Waals surface area contributed by atoms with Crippen LogP contribution in [-0.2, 0) is 6.18 Å². The largest absolute Gasteiger partial charge is 0.416 e. The van der Waals surface area contributed by atoms with Crippen LogP contribution in [0.25, 0.3) is 5.70 Å². The highest BCUT2D eigenvalue weighted by Gasteiger charge is 2.30. The number of nitrogens with two attached hydrogens (primary N) is 1. The summed E-state index contributed by atoms with van der Waals surface area (Å²) in [4.78, 5) is 4.23. The predicted octanol–water partition coefficient (Wildman–Crippen LogP) is 2.81. The SMILES string of the molecule is CN(C)CCN1CC(CN)=CC=C1c1ccc(C(F)(F)F)cc1. The van der Waals surface area contributed by atoms with Gasteiger partial charge >= 0.3 is 6.18 Å². The normalized spacial score (nSPS) is 15.7. The first kappa shape index (κ1) is 17.6. The molecule has 23 heavy (non-hydrogen) atoms. The highest BCUT2D eigenvalue weighted by Crippen LogP contribution is 2.31. The molecule has 1 aliphatic heterocycles. The minimum absolute atomic E-state index is 0.481. The highest BCUT2D eigenvalue weighted by molar-refractivity contribution is 5.67. The predicted molar refractivity (Wildman–Crippen MR) is 86.7 cm³/mol. The number of alkyl halides is 3. The lowest BCUT2D eigenvalue weighted by Crippen LogP contribution is -2.34. The van der Waals surface area contributed by atoms with Gasteiger partial charge in [0, 0.05) is 31.9 Å². The Labute approximate surface area is 134 Å². The number of hydrogen-bond acceptors (Lipinski definition) is 3. The molecule has 0 atom stereocenters. The van der Waals surface area contributed by atoms with Gasteiger partial charge in [-0.15, -0.1) is 0 Å². The lowest BCUT2D eigenvalue weighted by molar-refractivity contribution is -0.137. The van der Waals surface area contributed by atoms with Gasteiger partial charge in [-0.1, -0.05) is 18.2 Å². The van der Waals surface area contributed by atoms with E-state index in [0.717, 1.165) is 42.1 Å². The maximum Gasteiger partial charge on any atom is 0.416 e. The Kier molecular flexibility index (Phi) is 5.49. The Balaban J connectivity index is 2.25. The van der Waals surface area contributed by atoms with Gasteiger partial charge in [0.15, 0.2) is 0 Å². The van der Waals surface area contributed by atoms with Crippen LogP contribution in [0.5, 0.6) is 0 Å². The third kappa shape index (κ3) is 4.59. The van der Waals surface area contributed by atoms with Crippen LogP contribution in [-0.4, -0.2) is 50.1 Å². The van der Waals surface area contributed by atoms with Crippen molar-refractivity contribution in [3.05, 3.63) is 53.1 Å². The van der Waals surface area contributed by atoms with Crippen molar-refractivity contribution < 1.29 is 13.2 Å². The summed E-state index contributed by atoms with van der Waals surface area (Å²) in [5.74, 6) is 0. The van der Waals surface area contributed by atoms with Crippen molar-refractivity contribution in [3.63, 3.8) is 0 Å². The standard InChI is InChI=1S/C17H22F3N3/c1-22(2)9-10-23-12-13(11-21)3-8-16(23)14-4-6-15(7-5-14)17(18,19)20/h3-8H,9-12,21H2,1-2H3. The Morgan fingerprint density at radius 1 is 1.13 bits per heavy atom. The van der Waals surface area contributed by atoms with E-state index in [2.05, 4.69) is 9.80 Å². The van der Waals surface area contributed by atoms with Crippen LogP contribution in [0.2, 0.25) is 0 Å². The molecule has 0 spiro atoms. The van der Waals surface area contributed by atoms with E-state index in [0.29, 0.717) is 13.1 Å². The molecule has 2 N–H and O–H groups in total. The second-order valence-electron chi connectivity index (χ2n) is 5.88. The van der Waals surface area contributed by atoms with Crippen LogP contribution in [0.4, 0.5) is 13.2 Å². The summed E-state index contributed by atoms with van der Waals surface area (Å²) in [5, 5.41) is 0. The molecule has 0 aromatic heterocycles. The molecule has 0 radical (unpaired) electrons. The monoisotopic (exact) mass is 325 g/mol. The zero-order chi connectivity index (χ0) is 17.0. The first-order valence-corrected chi connectivity index (χ1v) is 7.48. The third-order valence-electron chi connectivity index (χ3n) is 3.80. The van der Waals surface area contributed by atoms with Crippen LogP contribution in [0.3, 0.4) is 0 Å². The second kappa shape index (κ2) is 7.19. The molecule has 0 unspecified atom stereocenters. The maximum atomic E-state index is 12.7. The molecule has 1 heterocycles. The molecule has 1 aliphatic rings. The fourth-order valence-corrected chi connectivity index (χ4v) is 2.45. The number of halogens is 3. The van der Waals surface area contributed by atoms with Crippen LogP contribution in [0.15, 0.2) is 42.0 Å². The zero-order valence-corrected chi connectivity index (χ0v) is 13.4. The molecule has 1 aromatic carbocycles. The lowest BCUT2D eigenvalue weighted by atomic mass is 10.0. The number of benzene rings is 1. The van der Waals surface area contributed by atoms with E-state index in [1.54, 1.807) is 0 Å². The molecule has 0 amide bonds. The van der Waals surface area contributed by atoms with E-state index in [1.165, 1.54) is 12.1 Å². The number of hydrogen-bond donors (Lipinski definition) is 1. The Bertz CT molecular complexity index is 586. The fraction of sp³-hybridized carbons (Fsp3) is 0.412. The summed E-state index contributed by atoms with van der Waals surface area (Å²) in [6.07, 6.45) is -0.417. The van der Waals surface area contributed by atoms with Crippen molar-refractivity contribution in [2.45, 2.75) is 6.18 Å². The molecule has 126 valence electrons. The van der Waals surface area contributed by atoms with Gasteiger partial charge in [0.05, 0.1) is 5.56 Å². The van der Waals surface area contributed by atoms with Crippen LogP contribution >= 0.6 is 0 Å². The molecule has 0 saturated carbocycles. The van der Waals surface area contributed by atoms with Gasteiger partial charge in [-0.05, 0) is 43.4 Å². The Morgan fingerprint density at radius 2 is 1.78 bits per heavy atom. The number of allylic oxidation sites excluding steroid dienone is 2. The topological polar surface area (TPSA) is 32.5 Å². The molecule has 0 aliphatic carbocycles. The van der Waals surface area contributed by atoms with Crippen LogP contribution in [0.1, 0.15) is 11.1 Å². The van der Waals surface area contributed by atoms with Gasteiger partial charge in [0.2, 0.25) is 0 Å². The van der Waals surface area contributed by atoms with E-state index in [-0.39, 0.29) is 0 Å². The second-order valence-corrected chi connectivity index (χ2v) is 5.88. The first-order chi connectivity index (χ1) is 10.8. The summed E-state index contributed by atoms with van der Waals surface area (Å²) in [7, 11) is 3.98. The van der Waals surface area contributed by atoms with E-state index >= 15 is 0 Å². The maximum absolute atomic E-state index is 12.7. The molecule has 2 rings (SSSR count). The summed E-state index contributed by atoms with van der Waals surface area (Å²) >= 11 is 0. The fourth-order valence-electron chi connectivity index (χ4n) is 2.45. The van der Waals surface area contributed by atoms with E-state index < -0.39 is 11.7 Å². The van der Waals surface area contributed by atoms with Crippen molar-refractivity contribution in [2.75, 3.05) is 40.3 Å². The zero-order valence-electron chi connectivity index (χ0n) is 13.4. The van der Waals surface area contributed by atoms with Crippen molar-refractivity contribution in [1.29, 1.82) is 0 Å². The summed E-state index contributed by atoms with van der Waals surface area (Å²) in [6.45, 7) is 2.83. The minimum atomic E-state index is -4.31. The molecule has 1 aromatic rings. The molecule has 0 bridgehead atoms. The average molecular weight is 325 g/mol. The van der Waals surface area contributed by atoms with Gasteiger partial charge in [-0.2, -0.15) is 13.2 Å². The average Bonchev–Trinajstić information content (AvgIpc) is 2.52. The van der Waals surface area contributed by atoms with Crippen LogP contribution in [0, 0.1) is 0 Å². The summed E-state index contributed by atoms with van der Waals surface area (Å²) in [6, 6.07) is 5.31. The van der Waals surface area contributed by atoms with Gasteiger partial charge in [0.1, 0.15) is 0 Å². The number of nitrogens with zero attached hydrogens (tertiary/aromatic N) is 2. The molecular formula is C17H22F3N3. The first-order valence-electron chi connectivity index (χ1n) is 7.48. The molecule has 6 heteroatoms. The van der Waals surface area contributed by atoms with E-state index in [4.69, 9.17) is 5.73 Å². The smallest absolute Gasteiger partial charge is 0.366 e. The lowest BCUT2D eigenvalue weighted by Gasteiger charge is -2.32. The van der Waals surface area contributed by atoms with Crippen molar-refractivity contribution >= 4 is 5.70 Å². The highest BCUT2D eigenvalue weighted by atomic mass is 19.4. The molecule has 0 fully saturated rings. The summed E-state index contributed by atoms with van der Waals surface area (Å²) in [5.41, 5.74) is 7.91. The quantitative estimate of drug-likeness (QED) is 0.903. The number of likely N-dealkylation sites (N-methyl/N-ethyl adjacent to an activating group) is 1. The Hall–Kier alpha value is -1.79. The minimum Gasteiger partial charge on any atom is -0.366 e. The number of rotatable bonds is 5. The van der Waals surface area contributed by atoms with Crippen LogP contribution < -0.4 is 5.73 Å². The molecular weight excluding hydrogens is 303 g/mol. The van der Waals surface area contributed by atoms with Gasteiger partial charge in [-0.25, -0.2) is 0 Å². The van der Waals surface area contributed by atoms with Gasteiger partial charge in [-0.3, -0.25) is 0 Å². The molecule has 3 nitrogen and oxygen atoms in total. The van der Waals surface area contributed by atoms with E-state index in [1.807, 2.05) is 26.2 Å². The Morgan fingerprint density at radius 3 is 2.30 bits per heavy atom. The van der Waals surface area contributed by atoms with E-state index in [9.17, 15) is 13.2 Å². The van der Waals surface area contributed by atoms with Crippen molar-refractivity contribution in [2.24, 2.45) is 5.73 Å². The van der Waals surface area contributed by atoms with Gasteiger partial charge in [0.25, 0.3) is 0 Å². The molecule has 0 saturated heterocycles. The van der Waals surface area contributed by atoms with Crippen molar-refractivity contribution in [1.82, 2.24) is 9.80 Å². The summed E-state index contributed by atoms with van der Waals surface area (Å²) < 4.78 is 38.1. The third-order valence-corrected chi connectivity index (χ3v) is 3.80. The van der Waals surface area contributed by atoms with Crippen molar-refractivity contribution in [3.8, 4) is 0 Å². The van der Waals surface area contributed by atoms with Gasteiger partial charge < -0.3 is 15.5 Å².